The van der Waals surface area contributed by atoms with E-state index in [1.807, 2.05) is 34.6 Å². The van der Waals surface area contributed by atoms with Crippen molar-refractivity contribution in [2.24, 2.45) is 17.1 Å². The number of nitrogens with two attached hydrogens (primary N) is 1. The second-order valence-electron chi connectivity index (χ2n) is 8.61. The molecule has 0 aromatic heterocycles. The maximum absolute atomic E-state index is 12.8. The third-order valence-electron chi connectivity index (χ3n) is 3.90. The van der Waals surface area contributed by atoms with Gasteiger partial charge in [0.05, 0.1) is 12.1 Å². The first-order valence-corrected chi connectivity index (χ1v) is 9.48. The van der Waals surface area contributed by atoms with Gasteiger partial charge in [0.1, 0.15) is 0 Å². The van der Waals surface area contributed by atoms with E-state index in [1.165, 1.54) is 0 Å². The van der Waals surface area contributed by atoms with Crippen LogP contribution >= 0.6 is 0 Å². The molecule has 0 radical (unpaired) electrons. The Morgan fingerprint density at radius 2 is 1.58 bits per heavy atom. The summed E-state index contributed by atoms with van der Waals surface area (Å²) >= 11 is 0. The topological polar surface area (TPSA) is 113 Å². The molecule has 0 aliphatic carbocycles. The van der Waals surface area contributed by atoms with Crippen LogP contribution in [0.25, 0.3) is 0 Å². The Kier molecular flexibility index (Phi) is 10.5. The molecule has 26 heavy (non-hydrogen) atoms. The van der Waals surface area contributed by atoms with Gasteiger partial charge >= 0.3 is 6.03 Å². The summed E-state index contributed by atoms with van der Waals surface area (Å²) in [6.07, 6.45) is 1.71. The fourth-order valence-corrected chi connectivity index (χ4v) is 2.71. The fraction of sp³-hybridized carbons (Fsp3) is 0.842. The average Bonchev–Trinajstić information content (AvgIpc) is 2.46. The molecule has 0 bridgehead atoms. The molecule has 0 heterocycles. The van der Waals surface area contributed by atoms with E-state index in [0.717, 1.165) is 0 Å². The predicted octanol–water partition coefficient (Wildman–Crippen LogP) is 1.95. The summed E-state index contributed by atoms with van der Waals surface area (Å²) < 4.78 is 0. The highest BCUT2D eigenvalue weighted by molar-refractivity contribution is 5.93. The van der Waals surface area contributed by atoms with Crippen LogP contribution in [-0.2, 0) is 9.59 Å². The number of nitrogens with one attached hydrogen (secondary N) is 3. The van der Waals surface area contributed by atoms with Gasteiger partial charge in [-0.05, 0) is 25.2 Å². The molecule has 0 saturated heterocycles. The zero-order valence-electron chi connectivity index (χ0n) is 17.4. The van der Waals surface area contributed by atoms with Gasteiger partial charge < -0.3 is 21.7 Å². The van der Waals surface area contributed by atoms with Crippen LogP contribution in [0.1, 0.15) is 67.7 Å². The molecule has 2 unspecified atom stereocenters. The molecule has 0 aromatic rings. The average molecular weight is 371 g/mol. The van der Waals surface area contributed by atoms with Crippen LogP contribution in [0.4, 0.5) is 4.79 Å². The maximum atomic E-state index is 12.8. The second kappa shape index (κ2) is 11.2. The Balaban J connectivity index is 5.07. The van der Waals surface area contributed by atoms with Crippen molar-refractivity contribution >= 4 is 17.7 Å². The number of amides is 3. The largest absolute Gasteiger partial charge is 0.352 e. The minimum Gasteiger partial charge on any atom is -0.352 e. The van der Waals surface area contributed by atoms with E-state index >= 15 is 0 Å². The molecular formula is C19H38N4O3. The summed E-state index contributed by atoms with van der Waals surface area (Å²) in [5, 5.41) is 8.72. The molecule has 0 rings (SSSR count). The Morgan fingerprint density at radius 1 is 1.00 bits per heavy atom. The quantitative estimate of drug-likeness (QED) is 0.416. The Bertz CT molecular complexity index is 460. The standard InChI is InChI=1S/C19H38N4O3/c1-12(2)11-15(22-13(3)4)17(25)23-14(16(24)19(5,6)7)9-8-10-21-18(20)26/h12-15,22H,8-11H2,1-7H3,(H,23,25)(H3,20,21,26). The lowest BCUT2D eigenvalue weighted by Gasteiger charge is -2.29. The molecule has 7 nitrogen and oxygen atoms in total. The molecule has 0 spiro atoms. The lowest BCUT2D eigenvalue weighted by atomic mass is 9.84. The molecule has 0 aromatic carbocycles. The van der Waals surface area contributed by atoms with Crippen molar-refractivity contribution in [1.29, 1.82) is 0 Å². The van der Waals surface area contributed by atoms with E-state index in [1.54, 1.807) is 0 Å². The van der Waals surface area contributed by atoms with Crippen molar-refractivity contribution in [2.45, 2.75) is 85.9 Å². The smallest absolute Gasteiger partial charge is 0.312 e. The molecule has 0 aliphatic heterocycles. The summed E-state index contributed by atoms with van der Waals surface area (Å²) in [4.78, 5) is 36.3. The Hall–Kier alpha value is -1.63. The van der Waals surface area contributed by atoms with Crippen molar-refractivity contribution in [2.75, 3.05) is 6.54 Å². The highest BCUT2D eigenvalue weighted by Gasteiger charge is 2.32. The highest BCUT2D eigenvalue weighted by Crippen LogP contribution is 2.19. The molecule has 0 aliphatic rings. The molecule has 7 heteroatoms. The highest BCUT2D eigenvalue weighted by atomic mass is 16.2. The van der Waals surface area contributed by atoms with Gasteiger partial charge in [0.25, 0.3) is 0 Å². The van der Waals surface area contributed by atoms with Gasteiger partial charge in [0.15, 0.2) is 5.78 Å². The van der Waals surface area contributed by atoms with Gasteiger partial charge in [0.2, 0.25) is 5.91 Å². The maximum Gasteiger partial charge on any atom is 0.312 e. The monoisotopic (exact) mass is 370 g/mol. The molecule has 2 atom stereocenters. The first-order chi connectivity index (χ1) is 11.8. The van der Waals surface area contributed by atoms with Crippen LogP contribution in [0.5, 0.6) is 0 Å². The minimum absolute atomic E-state index is 0.0160. The van der Waals surface area contributed by atoms with Crippen molar-refractivity contribution in [3.63, 3.8) is 0 Å². The van der Waals surface area contributed by atoms with E-state index < -0.39 is 17.5 Å². The number of rotatable bonds is 11. The summed E-state index contributed by atoms with van der Waals surface area (Å²) in [5.41, 5.74) is 4.50. The zero-order valence-corrected chi connectivity index (χ0v) is 17.4. The van der Waals surface area contributed by atoms with Gasteiger partial charge in [-0.2, -0.15) is 0 Å². The molecule has 5 N–H and O–H groups in total. The molecule has 3 amide bonds. The second-order valence-corrected chi connectivity index (χ2v) is 8.61. The predicted molar refractivity (Wildman–Crippen MR) is 105 cm³/mol. The number of hydrogen-bond donors (Lipinski definition) is 4. The number of Topliss-reactive ketones (excluding diaryl/α,β-unsaturated/α-hetero) is 1. The van der Waals surface area contributed by atoms with Gasteiger partial charge in [-0.1, -0.05) is 48.5 Å². The summed E-state index contributed by atoms with van der Waals surface area (Å²) in [6, 6.07) is -1.35. The number of primary amides is 1. The van der Waals surface area contributed by atoms with Crippen LogP contribution in [0.3, 0.4) is 0 Å². The van der Waals surface area contributed by atoms with Crippen molar-refractivity contribution in [3.05, 3.63) is 0 Å². The summed E-state index contributed by atoms with van der Waals surface area (Å²) in [7, 11) is 0. The minimum atomic E-state index is -0.592. The zero-order chi connectivity index (χ0) is 20.5. The van der Waals surface area contributed by atoms with Gasteiger partial charge in [-0.15, -0.1) is 0 Å². The van der Waals surface area contributed by atoms with Crippen LogP contribution in [0.2, 0.25) is 0 Å². The first-order valence-electron chi connectivity index (χ1n) is 9.48. The number of urea groups is 1. The number of carbonyl (C=O) groups is 3. The normalized spacial score (nSPS) is 14.2. The molecular weight excluding hydrogens is 332 g/mol. The van der Waals surface area contributed by atoms with Crippen molar-refractivity contribution < 1.29 is 14.4 Å². The van der Waals surface area contributed by atoms with Crippen LogP contribution in [0, 0.1) is 11.3 Å². The molecule has 0 saturated carbocycles. The van der Waals surface area contributed by atoms with Gasteiger partial charge in [-0.3, -0.25) is 9.59 Å². The van der Waals surface area contributed by atoms with Gasteiger partial charge in [-0.25, -0.2) is 4.79 Å². The van der Waals surface area contributed by atoms with E-state index in [-0.39, 0.29) is 23.8 Å². The van der Waals surface area contributed by atoms with Crippen molar-refractivity contribution in [1.82, 2.24) is 16.0 Å². The van der Waals surface area contributed by atoms with E-state index in [2.05, 4.69) is 29.8 Å². The summed E-state index contributed by atoms with van der Waals surface area (Å²) in [6.45, 7) is 14.0. The Labute approximate surface area is 158 Å². The SMILES string of the molecule is CC(C)CC(NC(C)C)C(=O)NC(CCCNC(N)=O)C(=O)C(C)(C)C. The first kappa shape index (κ1) is 24.4. The van der Waals surface area contributed by atoms with Crippen LogP contribution in [-0.4, -0.2) is 42.4 Å². The molecule has 152 valence electrons. The molecule has 0 fully saturated rings. The summed E-state index contributed by atoms with van der Waals surface area (Å²) in [5.74, 6) is 0.184. The van der Waals surface area contributed by atoms with E-state index in [4.69, 9.17) is 5.73 Å². The number of ketones is 1. The Morgan fingerprint density at radius 3 is 2.00 bits per heavy atom. The number of hydrogen-bond acceptors (Lipinski definition) is 4. The van der Waals surface area contributed by atoms with Crippen LogP contribution < -0.4 is 21.7 Å². The van der Waals surface area contributed by atoms with Crippen LogP contribution in [0.15, 0.2) is 0 Å². The fourth-order valence-electron chi connectivity index (χ4n) is 2.71. The third kappa shape index (κ3) is 10.4. The third-order valence-corrected chi connectivity index (χ3v) is 3.90. The van der Waals surface area contributed by atoms with E-state index in [0.29, 0.717) is 31.7 Å². The van der Waals surface area contributed by atoms with Crippen molar-refractivity contribution in [3.8, 4) is 0 Å². The number of carbonyl (C=O) groups excluding carboxylic acids is 3. The van der Waals surface area contributed by atoms with E-state index in [9.17, 15) is 14.4 Å². The lowest BCUT2D eigenvalue weighted by molar-refractivity contribution is -0.133. The lowest BCUT2D eigenvalue weighted by Crippen LogP contribution is -2.53. The van der Waals surface area contributed by atoms with Gasteiger partial charge in [0, 0.05) is 18.0 Å².